The maximum atomic E-state index is 14.7. The molecule has 3 aliphatic heterocycles. The lowest BCUT2D eigenvalue weighted by Gasteiger charge is -2.41. The molecule has 2 aromatic carbocycles. The first-order chi connectivity index (χ1) is 21.2. The fraction of sp³-hybridized carbons (Fsp3) is 0.471. The summed E-state index contributed by atoms with van der Waals surface area (Å²) in [6.45, 7) is 18.7. The molecule has 1 aromatic heterocycles. The van der Waals surface area contributed by atoms with Gasteiger partial charge in [-0.25, -0.2) is 11.0 Å². The zero-order valence-corrected chi connectivity index (χ0v) is 25.8. The van der Waals surface area contributed by atoms with E-state index in [1.165, 1.54) is 28.1 Å². The van der Waals surface area contributed by atoms with E-state index >= 15 is 0 Å². The fourth-order valence-electron chi connectivity index (χ4n) is 7.12. The van der Waals surface area contributed by atoms with Gasteiger partial charge in [-0.15, -0.1) is 0 Å². The number of aryl methyl sites for hydroxylation is 1. The molecule has 6 rings (SSSR count). The van der Waals surface area contributed by atoms with Crippen molar-refractivity contribution in [2.24, 2.45) is 0 Å². The van der Waals surface area contributed by atoms with Crippen LogP contribution in [-0.4, -0.2) is 96.4 Å². The second-order valence-electron chi connectivity index (χ2n) is 12.6. The number of carbonyl (C=O) groups is 1. The van der Waals surface area contributed by atoms with Crippen LogP contribution in [-0.2, 0) is 17.8 Å². The Morgan fingerprint density at radius 2 is 1.98 bits per heavy atom. The van der Waals surface area contributed by atoms with Crippen molar-refractivity contribution in [1.29, 1.82) is 0 Å². The number of likely N-dealkylation sites (tertiary alicyclic amines) is 1. The van der Waals surface area contributed by atoms with Crippen LogP contribution in [0.25, 0.3) is 15.6 Å². The molecule has 10 heteroatoms. The molecule has 0 saturated carbocycles. The molecule has 0 radical (unpaired) electrons. The number of fused-ring (bicyclic) bond motifs is 2. The Bertz CT molecular complexity index is 1610. The summed E-state index contributed by atoms with van der Waals surface area (Å²) in [5.41, 5.74) is 3.14. The molecule has 2 saturated heterocycles. The summed E-state index contributed by atoms with van der Waals surface area (Å²) in [4.78, 5) is 34.3. The lowest BCUT2D eigenvalue weighted by Crippen LogP contribution is -2.56. The van der Waals surface area contributed by atoms with Crippen LogP contribution < -0.4 is 14.5 Å². The molecule has 3 aliphatic rings. The normalized spacial score (nSPS) is 23.8. The highest BCUT2D eigenvalue weighted by atomic mass is 19.1. The number of rotatable bonds is 7. The molecule has 1 unspecified atom stereocenters. The molecule has 0 aliphatic carbocycles. The summed E-state index contributed by atoms with van der Waals surface area (Å²) in [5, 5.41) is 2.45. The Morgan fingerprint density at radius 3 is 2.70 bits per heavy atom. The second-order valence-corrected chi connectivity index (χ2v) is 12.6. The van der Waals surface area contributed by atoms with Gasteiger partial charge < -0.3 is 24.3 Å². The van der Waals surface area contributed by atoms with Crippen LogP contribution in [0.4, 0.5) is 15.9 Å². The maximum absolute atomic E-state index is 14.7. The number of nitrogens with zero attached hydrogens (tertiary/aromatic N) is 7. The van der Waals surface area contributed by atoms with Crippen LogP contribution in [0.3, 0.4) is 0 Å². The van der Waals surface area contributed by atoms with E-state index in [0.717, 1.165) is 30.0 Å². The number of aromatic nitrogens is 2. The number of piperazine rings is 1. The predicted molar refractivity (Wildman–Crippen MR) is 171 cm³/mol. The predicted octanol–water partition coefficient (Wildman–Crippen LogP) is 4.43. The molecule has 3 aromatic rings. The maximum Gasteiger partial charge on any atom is 0.318 e. The number of amides is 1. The van der Waals surface area contributed by atoms with Gasteiger partial charge in [0.25, 0.3) is 0 Å². The molecule has 230 valence electrons. The number of alkyl halides is 1. The first-order valence-corrected chi connectivity index (χ1v) is 15.3. The summed E-state index contributed by atoms with van der Waals surface area (Å²) < 4.78 is 21.0. The van der Waals surface area contributed by atoms with Crippen LogP contribution in [0.2, 0.25) is 0 Å². The molecule has 3 atom stereocenters. The van der Waals surface area contributed by atoms with Crippen molar-refractivity contribution in [3.05, 3.63) is 77.3 Å². The van der Waals surface area contributed by atoms with Gasteiger partial charge in [-0.05, 0) is 50.4 Å². The number of halogens is 1. The molecule has 4 heterocycles. The van der Waals surface area contributed by atoms with E-state index in [2.05, 4.69) is 64.5 Å². The minimum Gasteiger partial charge on any atom is -0.462 e. The van der Waals surface area contributed by atoms with Gasteiger partial charge in [-0.1, -0.05) is 36.9 Å². The van der Waals surface area contributed by atoms with Crippen molar-refractivity contribution >= 4 is 28.2 Å². The highest BCUT2D eigenvalue weighted by molar-refractivity contribution is 5.97. The third kappa shape index (κ3) is 5.81. The molecular weight excluding hydrogens is 557 g/mol. The summed E-state index contributed by atoms with van der Waals surface area (Å²) in [6, 6.07) is 12.8. The van der Waals surface area contributed by atoms with E-state index in [0.29, 0.717) is 45.8 Å². The van der Waals surface area contributed by atoms with Crippen LogP contribution in [0.15, 0.2) is 49.1 Å². The summed E-state index contributed by atoms with van der Waals surface area (Å²) >= 11 is 0. The number of hydrogen-bond acceptors (Lipinski definition) is 7. The molecule has 1 amide bonds. The highest BCUT2D eigenvalue weighted by Crippen LogP contribution is 2.36. The minimum atomic E-state index is -1.25. The topological polar surface area (TPSA) is 69.4 Å². The van der Waals surface area contributed by atoms with Crippen molar-refractivity contribution in [2.75, 3.05) is 62.7 Å². The van der Waals surface area contributed by atoms with E-state index in [9.17, 15) is 9.18 Å². The average Bonchev–Trinajstić information content (AvgIpc) is 3.29. The Hall–Kier alpha value is -4.23. The molecule has 0 spiro atoms. The largest absolute Gasteiger partial charge is 0.462 e. The molecular formula is C34H40FN7O2. The summed E-state index contributed by atoms with van der Waals surface area (Å²) in [7, 11) is 1.92. The van der Waals surface area contributed by atoms with E-state index < -0.39 is 5.67 Å². The Balaban J connectivity index is 1.34. The van der Waals surface area contributed by atoms with Crippen molar-refractivity contribution in [2.45, 2.75) is 51.0 Å². The smallest absolute Gasteiger partial charge is 0.318 e. The van der Waals surface area contributed by atoms with Gasteiger partial charge in [-0.2, -0.15) is 9.97 Å². The number of anilines is 2. The molecule has 9 nitrogen and oxygen atoms in total. The number of likely N-dealkylation sites (N-methyl/N-ethyl adjacent to an activating group) is 1. The Labute approximate surface area is 258 Å². The van der Waals surface area contributed by atoms with Gasteiger partial charge in [0.2, 0.25) is 12.5 Å². The monoisotopic (exact) mass is 597 g/mol. The third-order valence-corrected chi connectivity index (χ3v) is 9.26. The SMILES string of the molecule is [C-]#[N+]C[C@H]1CN(c2nc(OC[C@@H]3CC(C)(F)CN3C)nc3c2CCN(c2cccc4cccc(C)c24)C3)CCN1C(=O)C=C. The molecule has 2 fully saturated rings. The van der Waals surface area contributed by atoms with Gasteiger partial charge in [0.15, 0.2) is 0 Å². The Kier molecular flexibility index (Phi) is 8.16. The van der Waals surface area contributed by atoms with Gasteiger partial charge in [0.1, 0.15) is 24.1 Å². The van der Waals surface area contributed by atoms with E-state index in [-0.39, 0.29) is 30.5 Å². The van der Waals surface area contributed by atoms with Crippen LogP contribution in [0.1, 0.15) is 30.2 Å². The Morgan fingerprint density at radius 1 is 1.18 bits per heavy atom. The van der Waals surface area contributed by atoms with Gasteiger partial charge in [0, 0.05) is 61.8 Å². The quantitative estimate of drug-likeness (QED) is 0.295. The lowest BCUT2D eigenvalue weighted by atomic mass is 9.99. The number of benzene rings is 2. The molecule has 0 N–H and O–H groups in total. The molecule has 44 heavy (non-hydrogen) atoms. The van der Waals surface area contributed by atoms with Gasteiger partial charge in [-0.3, -0.25) is 9.69 Å². The second kappa shape index (κ2) is 12.0. The first kappa shape index (κ1) is 29.8. The fourth-order valence-corrected chi connectivity index (χ4v) is 7.12. The summed E-state index contributed by atoms with van der Waals surface area (Å²) in [5.74, 6) is 0.642. The standard InChI is InChI=1S/C34H40FN7O2/c1-6-30(43)42-16-15-41(19-26(42)18-36-4)32-27-13-14-40(29-12-8-11-24-10-7-9-23(2)31(24)29)20-28(27)37-33(38-32)44-21-25-17-34(3,35)22-39(25)5/h6-12,25-26H,1,13-22H2,2-3,5H3/t25-,26-,34?/m0/s1. The number of hydrogen-bond donors (Lipinski definition) is 0. The highest BCUT2D eigenvalue weighted by Gasteiger charge is 2.40. The third-order valence-electron chi connectivity index (χ3n) is 9.26. The van der Waals surface area contributed by atoms with Crippen molar-refractivity contribution in [1.82, 2.24) is 19.8 Å². The lowest BCUT2D eigenvalue weighted by molar-refractivity contribution is -0.128. The average molecular weight is 598 g/mol. The van der Waals surface area contributed by atoms with Crippen molar-refractivity contribution < 1.29 is 13.9 Å². The zero-order valence-electron chi connectivity index (χ0n) is 25.8. The van der Waals surface area contributed by atoms with E-state index in [1.54, 1.807) is 11.8 Å². The van der Waals surface area contributed by atoms with E-state index in [1.807, 2.05) is 11.9 Å². The van der Waals surface area contributed by atoms with E-state index in [4.69, 9.17) is 21.3 Å². The van der Waals surface area contributed by atoms with Gasteiger partial charge >= 0.3 is 6.01 Å². The first-order valence-electron chi connectivity index (χ1n) is 15.3. The number of carbonyl (C=O) groups excluding carboxylic acids is 1. The van der Waals surface area contributed by atoms with Crippen molar-refractivity contribution in [3.63, 3.8) is 0 Å². The van der Waals surface area contributed by atoms with Crippen LogP contribution >= 0.6 is 0 Å². The van der Waals surface area contributed by atoms with Gasteiger partial charge in [0.05, 0.1) is 12.2 Å². The van der Waals surface area contributed by atoms with Crippen LogP contribution in [0.5, 0.6) is 6.01 Å². The van der Waals surface area contributed by atoms with Crippen molar-refractivity contribution in [3.8, 4) is 6.01 Å². The molecule has 0 bridgehead atoms. The van der Waals surface area contributed by atoms with Crippen LogP contribution in [0, 0.1) is 13.5 Å². The number of ether oxygens (including phenoxy) is 1. The zero-order chi connectivity index (χ0) is 31.0. The minimum absolute atomic E-state index is 0.0697. The summed E-state index contributed by atoms with van der Waals surface area (Å²) in [6.07, 6.45) is 2.46.